The summed E-state index contributed by atoms with van der Waals surface area (Å²) in [6.45, 7) is 4.83. The van der Waals surface area contributed by atoms with Crippen LogP contribution in [-0.4, -0.2) is 29.7 Å². The Morgan fingerprint density at radius 1 is 1.41 bits per heavy atom. The Hall–Kier alpha value is -1.36. The van der Waals surface area contributed by atoms with Crippen molar-refractivity contribution in [1.29, 1.82) is 0 Å². The van der Waals surface area contributed by atoms with Crippen LogP contribution in [0.15, 0.2) is 6.07 Å². The lowest BCUT2D eigenvalue weighted by atomic mass is 10.2. The summed E-state index contributed by atoms with van der Waals surface area (Å²) in [5.41, 5.74) is 5.74. The van der Waals surface area contributed by atoms with Crippen LogP contribution in [0.5, 0.6) is 0 Å². The molecule has 3 N–H and O–H groups in total. The van der Waals surface area contributed by atoms with Crippen LogP contribution in [0.4, 0.5) is 11.6 Å². The topological polar surface area (TPSA) is 73.1 Å². The number of anilines is 2. The van der Waals surface area contributed by atoms with Crippen LogP contribution in [0.2, 0.25) is 0 Å². The molecule has 0 bridgehead atoms. The molecule has 0 saturated heterocycles. The summed E-state index contributed by atoms with van der Waals surface area (Å²) in [6.07, 6.45) is 2.92. The first-order chi connectivity index (χ1) is 8.19. The van der Waals surface area contributed by atoms with E-state index in [-0.39, 0.29) is 6.04 Å². The van der Waals surface area contributed by atoms with Crippen LogP contribution in [0.3, 0.4) is 0 Å². The van der Waals surface area contributed by atoms with E-state index in [1.54, 1.807) is 13.2 Å². The molecule has 1 rings (SSSR count). The molecule has 0 aromatic carbocycles. The number of hydrogen-bond acceptors (Lipinski definition) is 5. The first-order valence-electron chi connectivity index (χ1n) is 6.08. The Kier molecular flexibility index (Phi) is 5.69. The van der Waals surface area contributed by atoms with Gasteiger partial charge in [-0.05, 0) is 6.42 Å². The van der Waals surface area contributed by atoms with Gasteiger partial charge in [0.2, 0.25) is 0 Å². The van der Waals surface area contributed by atoms with Gasteiger partial charge in [-0.15, -0.1) is 0 Å². The first kappa shape index (κ1) is 13.7. The fourth-order valence-corrected chi connectivity index (χ4v) is 1.71. The second kappa shape index (κ2) is 7.06. The second-order valence-corrected chi connectivity index (χ2v) is 4.03. The molecule has 0 aliphatic rings. The van der Waals surface area contributed by atoms with Gasteiger partial charge in [0.25, 0.3) is 0 Å². The Morgan fingerprint density at radius 2 is 2.18 bits per heavy atom. The Bertz CT molecular complexity index is 337. The predicted octanol–water partition coefficient (Wildman–Crippen LogP) is 1.85. The van der Waals surface area contributed by atoms with E-state index >= 15 is 0 Å². The van der Waals surface area contributed by atoms with E-state index < -0.39 is 0 Å². The van der Waals surface area contributed by atoms with Crippen LogP contribution in [-0.2, 0) is 11.2 Å². The summed E-state index contributed by atoms with van der Waals surface area (Å²) >= 11 is 0. The highest BCUT2D eigenvalue weighted by atomic mass is 16.5. The minimum atomic E-state index is 0.268. The molecule has 0 saturated carbocycles. The maximum Gasteiger partial charge on any atom is 0.132 e. The van der Waals surface area contributed by atoms with Crippen LogP contribution in [0, 0.1) is 0 Å². The van der Waals surface area contributed by atoms with Crippen LogP contribution >= 0.6 is 0 Å². The number of hydrogen-bond donors (Lipinski definition) is 2. The van der Waals surface area contributed by atoms with E-state index in [0.717, 1.165) is 30.9 Å². The standard InChI is InChI=1S/C12H22N4O/c1-4-6-9(8-17-3)14-12-7-10(13)15-11(5-2)16-12/h7,9H,4-6,8H2,1-3H3,(H3,13,14,15,16). The van der Waals surface area contributed by atoms with Crippen molar-refractivity contribution in [2.75, 3.05) is 24.8 Å². The fraction of sp³-hybridized carbons (Fsp3) is 0.667. The molecule has 5 nitrogen and oxygen atoms in total. The van der Waals surface area contributed by atoms with E-state index in [1.165, 1.54) is 0 Å². The molecular formula is C12H22N4O. The van der Waals surface area contributed by atoms with Gasteiger partial charge in [-0.3, -0.25) is 0 Å². The molecule has 0 fully saturated rings. The van der Waals surface area contributed by atoms with E-state index in [4.69, 9.17) is 10.5 Å². The third kappa shape index (κ3) is 4.56. The number of methoxy groups -OCH3 is 1. The Labute approximate surface area is 103 Å². The van der Waals surface area contributed by atoms with Gasteiger partial charge in [0.1, 0.15) is 17.5 Å². The molecular weight excluding hydrogens is 216 g/mol. The van der Waals surface area contributed by atoms with Gasteiger partial charge in [-0.25, -0.2) is 9.97 Å². The molecule has 0 aliphatic heterocycles. The molecule has 0 aliphatic carbocycles. The minimum absolute atomic E-state index is 0.268. The lowest BCUT2D eigenvalue weighted by molar-refractivity contribution is 0.182. The highest BCUT2D eigenvalue weighted by Crippen LogP contribution is 2.12. The molecule has 1 aromatic rings. The molecule has 1 atom stereocenters. The average molecular weight is 238 g/mol. The number of ether oxygens (including phenoxy) is 1. The lowest BCUT2D eigenvalue weighted by Gasteiger charge is -2.18. The van der Waals surface area contributed by atoms with Crippen LogP contribution in [0.1, 0.15) is 32.5 Å². The molecule has 0 amide bonds. The molecule has 5 heteroatoms. The molecule has 1 unspecified atom stereocenters. The van der Waals surface area contributed by atoms with Gasteiger partial charge >= 0.3 is 0 Å². The number of nitrogens with two attached hydrogens (primary N) is 1. The van der Waals surface area contributed by atoms with Crippen LogP contribution < -0.4 is 11.1 Å². The number of nitrogens with one attached hydrogen (secondary N) is 1. The maximum atomic E-state index is 5.74. The van der Waals surface area contributed by atoms with Crippen molar-refractivity contribution in [2.45, 2.75) is 39.2 Å². The number of aromatic nitrogens is 2. The van der Waals surface area contributed by atoms with Gasteiger partial charge in [0.05, 0.1) is 12.6 Å². The zero-order valence-corrected chi connectivity index (χ0v) is 10.9. The SMILES string of the molecule is CCCC(COC)Nc1cc(N)nc(CC)n1. The molecule has 0 spiro atoms. The lowest BCUT2D eigenvalue weighted by Crippen LogP contribution is -2.25. The van der Waals surface area contributed by atoms with Crippen LogP contribution in [0.25, 0.3) is 0 Å². The highest BCUT2D eigenvalue weighted by molar-refractivity contribution is 5.45. The van der Waals surface area contributed by atoms with E-state index in [2.05, 4.69) is 22.2 Å². The van der Waals surface area contributed by atoms with E-state index in [1.807, 2.05) is 6.92 Å². The third-order valence-electron chi connectivity index (χ3n) is 2.47. The highest BCUT2D eigenvalue weighted by Gasteiger charge is 2.09. The summed E-state index contributed by atoms with van der Waals surface area (Å²) in [6, 6.07) is 2.03. The molecule has 0 radical (unpaired) electrons. The summed E-state index contributed by atoms with van der Waals surface area (Å²) in [5.74, 6) is 2.05. The van der Waals surface area contributed by atoms with Gasteiger partial charge in [-0.1, -0.05) is 20.3 Å². The van der Waals surface area contributed by atoms with Gasteiger partial charge in [-0.2, -0.15) is 0 Å². The number of aryl methyl sites for hydroxylation is 1. The molecule has 1 heterocycles. The summed E-state index contributed by atoms with van der Waals surface area (Å²) in [5, 5.41) is 3.34. The normalized spacial score (nSPS) is 12.4. The van der Waals surface area contributed by atoms with Gasteiger partial charge in [0.15, 0.2) is 0 Å². The van der Waals surface area contributed by atoms with E-state index in [0.29, 0.717) is 12.4 Å². The number of nitrogens with zero attached hydrogens (tertiary/aromatic N) is 2. The summed E-state index contributed by atoms with van der Waals surface area (Å²) in [7, 11) is 1.70. The van der Waals surface area contributed by atoms with Crippen molar-refractivity contribution in [1.82, 2.24) is 9.97 Å². The summed E-state index contributed by atoms with van der Waals surface area (Å²) in [4.78, 5) is 8.55. The second-order valence-electron chi connectivity index (χ2n) is 4.03. The van der Waals surface area contributed by atoms with Crippen molar-refractivity contribution in [2.24, 2.45) is 0 Å². The van der Waals surface area contributed by atoms with Gasteiger partial charge < -0.3 is 15.8 Å². The quantitative estimate of drug-likeness (QED) is 0.758. The molecule has 1 aromatic heterocycles. The van der Waals surface area contributed by atoms with Gasteiger partial charge in [0, 0.05) is 19.6 Å². The zero-order chi connectivity index (χ0) is 12.7. The average Bonchev–Trinajstić information content (AvgIpc) is 2.29. The maximum absolute atomic E-state index is 5.74. The van der Waals surface area contributed by atoms with Crippen molar-refractivity contribution in [3.05, 3.63) is 11.9 Å². The van der Waals surface area contributed by atoms with Crippen molar-refractivity contribution in [3.8, 4) is 0 Å². The summed E-state index contributed by atoms with van der Waals surface area (Å²) < 4.78 is 5.18. The van der Waals surface area contributed by atoms with Crippen molar-refractivity contribution in [3.63, 3.8) is 0 Å². The monoisotopic (exact) mass is 238 g/mol. The Morgan fingerprint density at radius 3 is 2.76 bits per heavy atom. The fourth-order valence-electron chi connectivity index (χ4n) is 1.71. The Balaban J connectivity index is 2.73. The third-order valence-corrected chi connectivity index (χ3v) is 2.47. The van der Waals surface area contributed by atoms with Crippen molar-refractivity contribution >= 4 is 11.6 Å². The first-order valence-corrected chi connectivity index (χ1v) is 6.08. The minimum Gasteiger partial charge on any atom is -0.384 e. The van der Waals surface area contributed by atoms with E-state index in [9.17, 15) is 0 Å². The zero-order valence-electron chi connectivity index (χ0n) is 10.9. The molecule has 96 valence electrons. The largest absolute Gasteiger partial charge is 0.384 e. The smallest absolute Gasteiger partial charge is 0.132 e. The number of rotatable bonds is 7. The molecule has 17 heavy (non-hydrogen) atoms. The number of nitrogen functional groups attached to an aromatic ring is 1. The van der Waals surface area contributed by atoms with Crippen molar-refractivity contribution < 1.29 is 4.74 Å². The predicted molar refractivity (Wildman–Crippen MR) is 70.0 cm³/mol.